The average Bonchev–Trinajstić information content (AvgIpc) is 2.04. The van der Waals surface area contributed by atoms with E-state index in [0.717, 1.165) is 23.6 Å². The number of allylic oxidation sites excluding steroid dienone is 2. The van der Waals surface area contributed by atoms with Gasteiger partial charge in [-0.1, -0.05) is 17.7 Å². The number of fused-ring (bicyclic) bond motifs is 1. The molecule has 0 saturated heterocycles. The van der Waals surface area contributed by atoms with Gasteiger partial charge in [-0.3, -0.25) is 4.99 Å². The monoisotopic (exact) mass is 181 g/mol. The summed E-state index contributed by atoms with van der Waals surface area (Å²) < 4.78 is 0. The molecular weight excluding hydrogens is 170 g/mol. The largest absolute Gasteiger partial charge is 0.282 e. The Morgan fingerprint density at radius 2 is 2.42 bits per heavy atom. The van der Waals surface area contributed by atoms with E-state index in [9.17, 15) is 0 Å². The van der Waals surface area contributed by atoms with E-state index in [0.29, 0.717) is 6.04 Å². The van der Waals surface area contributed by atoms with E-state index in [2.05, 4.69) is 11.1 Å². The first kappa shape index (κ1) is 8.06. The summed E-state index contributed by atoms with van der Waals surface area (Å²) in [6.45, 7) is 2.01. The van der Waals surface area contributed by atoms with Gasteiger partial charge in [0.2, 0.25) is 0 Å². The molecule has 2 rings (SSSR count). The Kier molecular flexibility index (Phi) is 2.05. The topological polar surface area (TPSA) is 12.4 Å². The quantitative estimate of drug-likeness (QED) is 0.545. The van der Waals surface area contributed by atoms with Crippen LogP contribution in [0.4, 0.5) is 0 Å². The predicted molar refractivity (Wildman–Crippen MR) is 52.8 cm³/mol. The highest BCUT2D eigenvalue weighted by molar-refractivity contribution is 6.34. The molecule has 0 spiro atoms. The zero-order chi connectivity index (χ0) is 8.55. The van der Waals surface area contributed by atoms with Crippen molar-refractivity contribution in [2.45, 2.75) is 32.2 Å². The van der Waals surface area contributed by atoms with Gasteiger partial charge in [0.15, 0.2) is 0 Å². The fourth-order valence-corrected chi connectivity index (χ4v) is 2.16. The molecule has 0 amide bonds. The fraction of sp³-hybridized carbons (Fsp3) is 0.500. The second-order valence-corrected chi connectivity index (χ2v) is 3.78. The van der Waals surface area contributed by atoms with E-state index in [1.54, 1.807) is 0 Å². The number of hydrogen-bond donors (Lipinski definition) is 0. The highest BCUT2D eigenvalue weighted by Crippen LogP contribution is 2.31. The van der Waals surface area contributed by atoms with Crippen molar-refractivity contribution in [3.8, 4) is 0 Å². The van der Waals surface area contributed by atoms with Crippen molar-refractivity contribution in [3.63, 3.8) is 0 Å². The molecule has 0 aromatic rings. The highest BCUT2D eigenvalue weighted by atomic mass is 35.5. The smallest absolute Gasteiger partial charge is 0.0763 e. The predicted octanol–water partition coefficient (Wildman–Crippen LogP) is 3.06. The molecule has 0 saturated carbocycles. The van der Waals surface area contributed by atoms with Crippen LogP contribution in [-0.4, -0.2) is 11.8 Å². The van der Waals surface area contributed by atoms with Crippen molar-refractivity contribution in [2.75, 3.05) is 0 Å². The summed E-state index contributed by atoms with van der Waals surface area (Å²) in [5.41, 5.74) is 2.30. The van der Waals surface area contributed by atoms with E-state index in [1.165, 1.54) is 12.0 Å². The van der Waals surface area contributed by atoms with Crippen LogP contribution < -0.4 is 0 Å². The van der Waals surface area contributed by atoms with Crippen LogP contribution in [0.1, 0.15) is 26.2 Å². The first-order chi connectivity index (χ1) is 5.77. The van der Waals surface area contributed by atoms with Gasteiger partial charge in [-0.15, -0.1) is 0 Å². The summed E-state index contributed by atoms with van der Waals surface area (Å²) in [7, 11) is 0. The molecule has 1 unspecified atom stereocenters. The van der Waals surface area contributed by atoms with Gasteiger partial charge in [0.1, 0.15) is 0 Å². The van der Waals surface area contributed by atoms with Crippen molar-refractivity contribution in [1.29, 1.82) is 0 Å². The van der Waals surface area contributed by atoms with E-state index in [-0.39, 0.29) is 0 Å². The van der Waals surface area contributed by atoms with Crippen LogP contribution in [0.5, 0.6) is 0 Å². The Bertz CT molecular complexity index is 286. The molecule has 0 aromatic carbocycles. The lowest BCUT2D eigenvalue weighted by molar-refractivity contribution is 0.623. The van der Waals surface area contributed by atoms with Gasteiger partial charge in [-0.2, -0.15) is 0 Å². The minimum absolute atomic E-state index is 0.358. The number of halogens is 1. The minimum Gasteiger partial charge on any atom is -0.282 e. The summed E-state index contributed by atoms with van der Waals surface area (Å²) in [6, 6.07) is 0.358. The normalized spacial score (nSPS) is 28.5. The average molecular weight is 182 g/mol. The van der Waals surface area contributed by atoms with Crippen LogP contribution >= 0.6 is 11.6 Å². The molecule has 2 aliphatic rings. The van der Waals surface area contributed by atoms with Crippen molar-refractivity contribution >= 4 is 17.3 Å². The fourth-order valence-electron chi connectivity index (χ4n) is 1.80. The third kappa shape index (κ3) is 1.34. The molecule has 0 radical (unpaired) electrons. The standard InChI is InChI=1S/C10H12ClN/c1-7-6-9(11)8-4-2-3-5-10(8)12-7/h4,6,10H,2-3,5H2,1H3. The summed E-state index contributed by atoms with van der Waals surface area (Å²) in [4.78, 5) is 4.54. The lowest BCUT2D eigenvalue weighted by Crippen LogP contribution is -2.17. The molecule has 1 aliphatic carbocycles. The maximum atomic E-state index is 6.10. The van der Waals surface area contributed by atoms with E-state index < -0.39 is 0 Å². The van der Waals surface area contributed by atoms with Crippen LogP contribution in [0, 0.1) is 0 Å². The third-order valence-electron chi connectivity index (χ3n) is 2.38. The van der Waals surface area contributed by atoms with E-state index in [4.69, 9.17) is 11.6 Å². The van der Waals surface area contributed by atoms with Crippen molar-refractivity contribution < 1.29 is 0 Å². The Balaban J connectivity index is 2.37. The van der Waals surface area contributed by atoms with Gasteiger partial charge in [0, 0.05) is 10.7 Å². The van der Waals surface area contributed by atoms with E-state index in [1.807, 2.05) is 13.0 Å². The molecule has 1 heterocycles. The van der Waals surface area contributed by atoms with Crippen LogP contribution in [0.2, 0.25) is 0 Å². The molecule has 2 heteroatoms. The molecule has 0 bridgehead atoms. The number of aliphatic imine (C=N–C) groups is 1. The SMILES string of the molecule is CC1=NC2CCCC=C2C(Cl)=C1. The van der Waals surface area contributed by atoms with Gasteiger partial charge in [-0.05, 0) is 37.8 Å². The number of hydrogen-bond acceptors (Lipinski definition) is 1. The maximum Gasteiger partial charge on any atom is 0.0763 e. The first-order valence-electron chi connectivity index (χ1n) is 4.39. The number of dihydropyridines is 1. The summed E-state index contributed by atoms with van der Waals surface area (Å²) >= 11 is 6.10. The lowest BCUT2D eigenvalue weighted by Gasteiger charge is -2.24. The van der Waals surface area contributed by atoms with Gasteiger partial charge < -0.3 is 0 Å². The Morgan fingerprint density at radius 3 is 3.25 bits per heavy atom. The molecular formula is C10H12ClN. The van der Waals surface area contributed by atoms with Crippen molar-refractivity contribution in [3.05, 3.63) is 22.8 Å². The number of nitrogens with zero attached hydrogens (tertiary/aromatic N) is 1. The Morgan fingerprint density at radius 1 is 1.58 bits per heavy atom. The Labute approximate surface area is 77.8 Å². The molecule has 0 N–H and O–H groups in total. The molecule has 12 heavy (non-hydrogen) atoms. The zero-order valence-corrected chi connectivity index (χ0v) is 7.93. The van der Waals surface area contributed by atoms with Crippen LogP contribution in [0.25, 0.3) is 0 Å². The molecule has 1 atom stereocenters. The lowest BCUT2D eigenvalue weighted by atomic mass is 9.92. The van der Waals surface area contributed by atoms with E-state index >= 15 is 0 Å². The summed E-state index contributed by atoms with van der Waals surface area (Å²) in [5.74, 6) is 0. The van der Waals surface area contributed by atoms with Crippen molar-refractivity contribution in [1.82, 2.24) is 0 Å². The molecule has 0 fully saturated rings. The third-order valence-corrected chi connectivity index (χ3v) is 2.70. The second kappa shape index (κ2) is 3.06. The van der Waals surface area contributed by atoms with Gasteiger partial charge >= 0.3 is 0 Å². The molecule has 1 nitrogen and oxygen atoms in total. The van der Waals surface area contributed by atoms with Crippen LogP contribution in [0.15, 0.2) is 27.7 Å². The zero-order valence-electron chi connectivity index (χ0n) is 7.18. The molecule has 1 aliphatic heterocycles. The molecule has 0 aromatic heterocycles. The van der Waals surface area contributed by atoms with Gasteiger partial charge in [0.05, 0.1) is 6.04 Å². The first-order valence-corrected chi connectivity index (χ1v) is 4.77. The Hall–Kier alpha value is -0.560. The second-order valence-electron chi connectivity index (χ2n) is 3.37. The molecule has 64 valence electrons. The minimum atomic E-state index is 0.358. The van der Waals surface area contributed by atoms with Gasteiger partial charge in [-0.25, -0.2) is 0 Å². The number of rotatable bonds is 0. The van der Waals surface area contributed by atoms with Crippen LogP contribution in [-0.2, 0) is 0 Å². The van der Waals surface area contributed by atoms with Gasteiger partial charge in [0.25, 0.3) is 0 Å². The van der Waals surface area contributed by atoms with Crippen molar-refractivity contribution in [2.24, 2.45) is 4.99 Å². The maximum absolute atomic E-state index is 6.10. The highest BCUT2D eigenvalue weighted by Gasteiger charge is 2.21. The van der Waals surface area contributed by atoms with Crippen LogP contribution in [0.3, 0.4) is 0 Å². The summed E-state index contributed by atoms with van der Waals surface area (Å²) in [6.07, 6.45) is 7.74. The summed E-state index contributed by atoms with van der Waals surface area (Å²) in [5, 5.41) is 0.896.